The zero-order valence-electron chi connectivity index (χ0n) is 10.7. The maximum absolute atomic E-state index is 13.4. The monoisotopic (exact) mass is 246 g/mol. The number of H-pyrrole nitrogens is 1. The summed E-state index contributed by atoms with van der Waals surface area (Å²) < 4.78 is 13.4. The Hall–Kier alpha value is -1.35. The molecule has 1 aliphatic carbocycles. The molecule has 0 saturated heterocycles. The molecule has 0 bridgehead atoms. The first kappa shape index (κ1) is 11.7. The zero-order chi connectivity index (χ0) is 12.7. The quantitative estimate of drug-likeness (QED) is 0.839. The molecule has 0 aliphatic heterocycles. The normalized spacial score (nSPS) is 23.9. The van der Waals surface area contributed by atoms with Crippen LogP contribution in [0, 0.1) is 18.7 Å². The lowest BCUT2D eigenvalue weighted by Gasteiger charge is -2.15. The van der Waals surface area contributed by atoms with Crippen LogP contribution in [0.5, 0.6) is 0 Å². The van der Waals surface area contributed by atoms with Gasteiger partial charge in [-0.2, -0.15) is 0 Å². The van der Waals surface area contributed by atoms with E-state index in [0.717, 1.165) is 29.4 Å². The SMILES string of the molecule is Cc1[nH]c2ccc(F)cc2c1CC1CCCC1N. The van der Waals surface area contributed by atoms with Crippen LogP contribution in [0.1, 0.15) is 30.5 Å². The second-order valence-corrected chi connectivity index (χ2v) is 5.48. The molecule has 18 heavy (non-hydrogen) atoms. The molecule has 3 rings (SSSR count). The van der Waals surface area contributed by atoms with E-state index in [1.807, 2.05) is 6.07 Å². The molecular formula is C15H19FN2. The summed E-state index contributed by atoms with van der Waals surface area (Å²) in [5.74, 6) is 0.379. The molecule has 1 aromatic heterocycles. The van der Waals surface area contributed by atoms with Crippen LogP contribution in [0.2, 0.25) is 0 Å². The molecule has 1 fully saturated rings. The minimum absolute atomic E-state index is 0.168. The predicted molar refractivity (Wildman–Crippen MR) is 72.0 cm³/mol. The second kappa shape index (κ2) is 4.39. The van der Waals surface area contributed by atoms with Crippen molar-refractivity contribution < 1.29 is 4.39 Å². The van der Waals surface area contributed by atoms with Crippen molar-refractivity contribution in [3.05, 3.63) is 35.3 Å². The average molecular weight is 246 g/mol. The molecule has 1 saturated carbocycles. The Morgan fingerprint density at radius 2 is 2.22 bits per heavy atom. The van der Waals surface area contributed by atoms with Gasteiger partial charge in [0.25, 0.3) is 0 Å². The third-order valence-electron chi connectivity index (χ3n) is 4.27. The molecule has 2 nitrogen and oxygen atoms in total. The maximum atomic E-state index is 13.4. The summed E-state index contributed by atoms with van der Waals surface area (Å²) in [4.78, 5) is 3.34. The Labute approximate surface area is 106 Å². The number of hydrogen-bond donors (Lipinski definition) is 2. The van der Waals surface area contributed by atoms with E-state index in [2.05, 4.69) is 11.9 Å². The van der Waals surface area contributed by atoms with E-state index in [1.54, 1.807) is 6.07 Å². The van der Waals surface area contributed by atoms with E-state index < -0.39 is 0 Å². The molecule has 1 aromatic carbocycles. The number of aromatic amines is 1. The van der Waals surface area contributed by atoms with E-state index in [-0.39, 0.29) is 5.82 Å². The molecular weight excluding hydrogens is 227 g/mol. The summed E-state index contributed by atoms with van der Waals surface area (Å²) in [7, 11) is 0. The van der Waals surface area contributed by atoms with Crippen molar-refractivity contribution in [2.24, 2.45) is 11.7 Å². The fraction of sp³-hybridized carbons (Fsp3) is 0.467. The zero-order valence-corrected chi connectivity index (χ0v) is 10.7. The van der Waals surface area contributed by atoms with Gasteiger partial charge in [-0.1, -0.05) is 6.42 Å². The van der Waals surface area contributed by atoms with E-state index in [9.17, 15) is 4.39 Å². The Bertz CT molecular complexity index is 573. The number of fused-ring (bicyclic) bond motifs is 1. The average Bonchev–Trinajstić information content (AvgIpc) is 2.86. The molecule has 0 amide bonds. The number of aryl methyl sites for hydroxylation is 1. The first-order valence-corrected chi connectivity index (χ1v) is 6.67. The van der Waals surface area contributed by atoms with Crippen molar-refractivity contribution in [2.75, 3.05) is 0 Å². The van der Waals surface area contributed by atoms with Crippen molar-refractivity contribution in [2.45, 2.75) is 38.6 Å². The van der Waals surface area contributed by atoms with Crippen LogP contribution in [0.3, 0.4) is 0 Å². The van der Waals surface area contributed by atoms with Gasteiger partial charge in [0.2, 0.25) is 0 Å². The highest BCUT2D eigenvalue weighted by Gasteiger charge is 2.25. The highest BCUT2D eigenvalue weighted by molar-refractivity contribution is 5.84. The van der Waals surface area contributed by atoms with Gasteiger partial charge < -0.3 is 10.7 Å². The van der Waals surface area contributed by atoms with Crippen LogP contribution >= 0.6 is 0 Å². The molecule has 2 aromatic rings. The van der Waals surface area contributed by atoms with Crippen LogP contribution in [0.4, 0.5) is 4.39 Å². The van der Waals surface area contributed by atoms with Crippen LogP contribution in [-0.4, -0.2) is 11.0 Å². The molecule has 1 heterocycles. The molecule has 2 unspecified atom stereocenters. The molecule has 0 spiro atoms. The molecule has 1 aliphatic rings. The van der Waals surface area contributed by atoms with Crippen LogP contribution in [-0.2, 0) is 6.42 Å². The standard InChI is InChI=1S/C15H19FN2/c1-9-12(7-10-3-2-4-14(10)17)13-8-11(16)5-6-15(13)18-9/h5-6,8,10,14,18H,2-4,7,17H2,1H3. The van der Waals surface area contributed by atoms with E-state index in [1.165, 1.54) is 24.5 Å². The Morgan fingerprint density at radius 1 is 1.39 bits per heavy atom. The summed E-state index contributed by atoms with van der Waals surface area (Å²) >= 11 is 0. The number of halogens is 1. The third-order valence-corrected chi connectivity index (χ3v) is 4.27. The van der Waals surface area contributed by atoms with Crippen molar-refractivity contribution in [3.8, 4) is 0 Å². The summed E-state index contributed by atoms with van der Waals surface area (Å²) in [5.41, 5.74) is 9.55. The lowest BCUT2D eigenvalue weighted by molar-refractivity contribution is 0.479. The van der Waals surface area contributed by atoms with Gasteiger partial charge in [-0.3, -0.25) is 0 Å². The highest BCUT2D eigenvalue weighted by Crippen LogP contribution is 2.31. The third kappa shape index (κ3) is 1.93. The van der Waals surface area contributed by atoms with E-state index in [0.29, 0.717) is 12.0 Å². The fourth-order valence-electron chi connectivity index (χ4n) is 3.20. The van der Waals surface area contributed by atoms with E-state index in [4.69, 9.17) is 5.73 Å². The van der Waals surface area contributed by atoms with Gasteiger partial charge >= 0.3 is 0 Å². The van der Waals surface area contributed by atoms with Gasteiger partial charge in [0.1, 0.15) is 5.82 Å². The number of nitrogens with two attached hydrogens (primary N) is 1. The van der Waals surface area contributed by atoms with Crippen LogP contribution in [0.25, 0.3) is 10.9 Å². The molecule has 96 valence electrons. The lowest BCUT2D eigenvalue weighted by Crippen LogP contribution is -2.26. The molecule has 2 atom stereocenters. The van der Waals surface area contributed by atoms with Gasteiger partial charge in [-0.15, -0.1) is 0 Å². The first-order valence-electron chi connectivity index (χ1n) is 6.67. The topological polar surface area (TPSA) is 41.8 Å². The largest absolute Gasteiger partial charge is 0.358 e. The Kier molecular flexibility index (Phi) is 2.86. The number of rotatable bonds is 2. The number of hydrogen-bond acceptors (Lipinski definition) is 1. The summed E-state index contributed by atoms with van der Waals surface area (Å²) in [6.07, 6.45) is 4.51. The molecule has 0 radical (unpaired) electrons. The molecule has 3 heteroatoms. The summed E-state index contributed by atoms with van der Waals surface area (Å²) in [6, 6.07) is 5.26. The lowest BCUT2D eigenvalue weighted by atomic mass is 9.93. The van der Waals surface area contributed by atoms with Crippen LogP contribution < -0.4 is 5.73 Å². The van der Waals surface area contributed by atoms with Gasteiger partial charge in [-0.05, 0) is 55.9 Å². The van der Waals surface area contributed by atoms with Crippen LogP contribution in [0.15, 0.2) is 18.2 Å². The van der Waals surface area contributed by atoms with Crippen molar-refractivity contribution in [1.82, 2.24) is 4.98 Å². The fourth-order valence-corrected chi connectivity index (χ4v) is 3.20. The minimum Gasteiger partial charge on any atom is -0.358 e. The Balaban J connectivity index is 1.99. The first-order chi connectivity index (χ1) is 8.65. The maximum Gasteiger partial charge on any atom is 0.123 e. The number of benzene rings is 1. The van der Waals surface area contributed by atoms with Gasteiger partial charge in [0.15, 0.2) is 0 Å². The van der Waals surface area contributed by atoms with Gasteiger partial charge in [-0.25, -0.2) is 4.39 Å². The van der Waals surface area contributed by atoms with Gasteiger partial charge in [0.05, 0.1) is 0 Å². The predicted octanol–water partition coefficient (Wildman–Crippen LogP) is 3.29. The number of nitrogens with one attached hydrogen (secondary N) is 1. The summed E-state index contributed by atoms with van der Waals surface area (Å²) in [5, 5.41) is 1.02. The highest BCUT2D eigenvalue weighted by atomic mass is 19.1. The van der Waals surface area contributed by atoms with Crippen molar-refractivity contribution in [3.63, 3.8) is 0 Å². The Morgan fingerprint density at radius 3 is 2.94 bits per heavy atom. The second-order valence-electron chi connectivity index (χ2n) is 5.48. The smallest absolute Gasteiger partial charge is 0.123 e. The minimum atomic E-state index is -0.168. The van der Waals surface area contributed by atoms with Gasteiger partial charge in [0, 0.05) is 22.6 Å². The van der Waals surface area contributed by atoms with E-state index >= 15 is 0 Å². The van der Waals surface area contributed by atoms with Crippen molar-refractivity contribution >= 4 is 10.9 Å². The van der Waals surface area contributed by atoms with Crippen molar-refractivity contribution in [1.29, 1.82) is 0 Å². The summed E-state index contributed by atoms with van der Waals surface area (Å²) in [6.45, 7) is 2.06. The molecule has 3 N–H and O–H groups in total. The number of aromatic nitrogens is 1.